The molecule has 0 spiro atoms. The molecule has 0 aliphatic rings. The van der Waals surface area contributed by atoms with Crippen LogP contribution in [0, 0.1) is 0 Å². The fourth-order valence-electron chi connectivity index (χ4n) is 3.53. The molecule has 10 heteroatoms. The monoisotopic (exact) mass is 521 g/mol. The molecule has 5 aromatic rings. The molecular formula is C28H19N5O4S. The van der Waals surface area contributed by atoms with Crippen LogP contribution in [0.25, 0.3) is 21.3 Å². The van der Waals surface area contributed by atoms with Gasteiger partial charge in [0.25, 0.3) is 0 Å². The van der Waals surface area contributed by atoms with E-state index in [1.807, 2.05) is 66.7 Å². The van der Waals surface area contributed by atoms with Crippen molar-refractivity contribution in [2.45, 2.75) is 0 Å². The molecular weight excluding hydrogens is 502 g/mol. The molecule has 2 amide bonds. The number of ether oxygens (including phenoxy) is 1. The highest BCUT2D eigenvalue weighted by molar-refractivity contribution is 7.18. The van der Waals surface area contributed by atoms with Crippen molar-refractivity contribution in [2.24, 2.45) is 5.10 Å². The number of hydrogen-bond donors (Lipinski definition) is 2. The molecule has 0 bridgehead atoms. The molecule has 1 aromatic heterocycles. The Hall–Kier alpha value is -5.22. The standard InChI is InChI=1S/C28H19N5O4S/c34-24(30-28-33-32-26(38-28)20-8-2-1-3-9-20)25(35)31-29-17-18-13-15-21(16-14-18)37-27(36)23-12-6-10-19-7-4-5-11-22(19)23/h1-17H,(H,31,35)(H,30,33,34). The van der Waals surface area contributed by atoms with Crippen molar-refractivity contribution in [2.75, 3.05) is 5.32 Å². The number of hydrogen-bond acceptors (Lipinski definition) is 8. The zero-order valence-electron chi connectivity index (χ0n) is 19.7. The van der Waals surface area contributed by atoms with Crippen molar-refractivity contribution in [3.63, 3.8) is 0 Å². The largest absolute Gasteiger partial charge is 0.423 e. The van der Waals surface area contributed by atoms with E-state index in [-0.39, 0.29) is 5.13 Å². The molecule has 0 unspecified atom stereocenters. The van der Waals surface area contributed by atoms with Crippen LogP contribution in [0.1, 0.15) is 15.9 Å². The summed E-state index contributed by atoms with van der Waals surface area (Å²) < 4.78 is 5.51. The summed E-state index contributed by atoms with van der Waals surface area (Å²) in [4.78, 5) is 36.9. The molecule has 0 saturated heterocycles. The number of nitrogens with zero attached hydrogens (tertiary/aromatic N) is 3. The fraction of sp³-hybridized carbons (Fsp3) is 0. The lowest BCUT2D eigenvalue weighted by Gasteiger charge is -2.07. The van der Waals surface area contributed by atoms with Crippen molar-refractivity contribution in [1.82, 2.24) is 15.6 Å². The number of esters is 1. The zero-order valence-corrected chi connectivity index (χ0v) is 20.5. The molecule has 186 valence electrons. The Balaban J connectivity index is 1.14. The second-order valence-corrected chi connectivity index (χ2v) is 8.89. The van der Waals surface area contributed by atoms with Crippen LogP contribution < -0.4 is 15.5 Å². The van der Waals surface area contributed by atoms with Crippen LogP contribution in [0.3, 0.4) is 0 Å². The van der Waals surface area contributed by atoms with Crippen LogP contribution in [-0.4, -0.2) is 34.2 Å². The number of hydrazone groups is 1. The molecule has 9 nitrogen and oxygen atoms in total. The Bertz CT molecular complexity index is 1640. The first-order valence-electron chi connectivity index (χ1n) is 11.4. The predicted octanol–water partition coefficient (Wildman–Crippen LogP) is 4.67. The summed E-state index contributed by atoms with van der Waals surface area (Å²) >= 11 is 1.15. The predicted molar refractivity (Wildman–Crippen MR) is 145 cm³/mol. The Morgan fingerprint density at radius 2 is 1.53 bits per heavy atom. The van der Waals surface area contributed by atoms with E-state index < -0.39 is 17.8 Å². The average Bonchev–Trinajstić information content (AvgIpc) is 3.42. The van der Waals surface area contributed by atoms with Gasteiger partial charge in [0.15, 0.2) is 0 Å². The summed E-state index contributed by atoms with van der Waals surface area (Å²) in [7, 11) is 0. The van der Waals surface area contributed by atoms with E-state index in [0.29, 0.717) is 21.9 Å². The second kappa shape index (κ2) is 11.2. The third-order valence-electron chi connectivity index (χ3n) is 5.35. The summed E-state index contributed by atoms with van der Waals surface area (Å²) in [6.45, 7) is 0. The molecule has 0 radical (unpaired) electrons. The smallest absolute Gasteiger partial charge is 0.344 e. The molecule has 0 aliphatic carbocycles. The van der Waals surface area contributed by atoms with E-state index in [0.717, 1.165) is 27.7 Å². The van der Waals surface area contributed by atoms with Crippen molar-refractivity contribution in [1.29, 1.82) is 0 Å². The van der Waals surface area contributed by atoms with E-state index >= 15 is 0 Å². The number of rotatable bonds is 6. The SMILES string of the molecule is O=C(NN=Cc1ccc(OC(=O)c2cccc3ccccc23)cc1)C(=O)Nc1nnc(-c2ccccc2)s1. The third-order valence-corrected chi connectivity index (χ3v) is 6.24. The second-order valence-electron chi connectivity index (χ2n) is 7.92. The first-order chi connectivity index (χ1) is 18.6. The first kappa shape index (κ1) is 24.5. The van der Waals surface area contributed by atoms with Gasteiger partial charge in [0, 0.05) is 5.56 Å². The topological polar surface area (TPSA) is 123 Å². The van der Waals surface area contributed by atoms with Gasteiger partial charge >= 0.3 is 17.8 Å². The van der Waals surface area contributed by atoms with Crippen LogP contribution >= 0.6 is 11.3 Å². The van der Waals surface area contributed by atoms with E-state index in [2.05, 4.69) is 26.0 Å². The molecule has 0 fully saturated rings. The van der Waals surface area contributed by atoms with Crippen LogP contribution in [0.15, 0.2) is 102 Å². The average molecular weight is 522 g/mol. The van der Waals surface area contributed by atoms with E-state index in [1.165, 1.54) is 6.21 Å². The number of carbonyl (C=O) groups excluding carboxylic acids is 3. The number of anilines is 1. The van der Waals surface area contributed by atoms with Crippen LogP contribution in [0.4, 0.5) is 5.13 Å². The quantitative estimate of drug-likeness (QED) is 0.110. The molecule has 1 heterocycles. The maximum atomic E-state index is 12.7. The van der Waals surface area contributed by atoms with Crippen LogP contribution in [-0.2, 0) is 9.59 Å². The van der Waals surface area contributed by atoms with E-state index in [1.54, 1.807) is 30.3 Å². The molecule has 0 aliphatic heterocycles. The number of nitrogens with one attached hydrogen (secondary N) is 2. The van der Waals surface area contributed by atoms with Gasteiger partial charge in [0.1, 0.15) is 10.8 Å². The number of benzene rings is 4. The lowest BCUT2D eigenvalue weighted by Crippen LogP contribution is -2.32. The van der Waals surface area contributed by atoms with Crippen LogP contribution in [0.2, 0.25) is 0 Å². The lowest BCUT2D eigenvalue weighted by molar-refractivity contribution is -0.136. The number of carbonyl (C=O) groups is 3. The van der Waals surface area contributed by atoms with Gasteiger partial charge in [-0.25, -0.2) is 10.2 Å². The summed E-state index contributed by atoms with van der Waals surface area (Å²) in [5, 5.41) is 16.7. The summed E-state index contributed by atoms with van der Waals surface area (Å²) in [5.74, 6) is -1.99. The van der Waals surface area contributed by atoms with Gasteiger partial charge < -0.3 is 4.74 Å². The van der Waals surface area contributed by atoms with Crippen molar-refractivity contribution in [3.8, 4) is 16.3 Å². The molecule has 38 heavy (non-hydrogen) atoms. The van der Waals surface area contributed by atoms with Gasteiger partial charge in [-0.3, -0.25) is 14.9 Å². The third kappa shape index (κ3) is 5.77. The van der Waals surface area contributed by atoms with Crippen molar-refractivity contribution in [3.05, 3.63) is 108 Å². The Morgan fingerprint density at radius 3 is 2.34 bits per heavy atom. The highest BCUT2D eigenvalue weighted by atomic mass is 32.1. The van der Waals surface area contributed by atoms with Crippen molar-refractivity contribution >= 4 is 51.2 Å². The highest BCUT2D eigenvalue weighted by Gasteiger charge is 2.16. The zero-order chi connectivity index (χ0) is 26.3. The Labute approximate surface area is 220 Å². The number of fused-ring (bicyclic) bond motifs is 1. The van der Waals surface area contributed by atoms with Gasteiger partial charge in [0.2, 0.25) is 5.13 Å². The van der Waals surface area contributed by atoms with Gasteiger partial charge in [-0.1, -0.05) is 78.1 Å². The first-order valence-corrected chi connectivity index (χ1v) is 12.2. The van der Waals surface area contributed by atoms with E-state index in [4.69, 9.17) is 4.74 Å². The lowest BCUT2D eigenvalue weighted by atomic mass is 10.0. The Kier molecular flexibility index (Phi) is 7.23. The molecule has 2 N–H and O–H groups in total. The van der Waals surface area contributed by atoms with Gasteiger partial charge in [0.05, 0.1) is 11.8 Å². The normalized spacial score (nSPS) is 10.8. The summed E-state index contributed by atoms with van der Waals surface area (Å²) in [5.41, 5.74) is 4.11. The minimum Gasteiger partial charge on any atom is -0.423 e. The summed E-state index contributed by atoms with van der Waals surface area (Å²) in [6, 6.07) is 28.9. The molecule has 4 aromatic carbocycles. The maximum absolute atomic E-state index is 12.7. The van der Waals surface area contributed by atoms with Gasteiger partial charge in [-0.15, -0.1) is 10.2 Å². The van der Waals surface area contributed by atoms with Gasteiger partial charge in [-0.2, -0.15) is 5.10 Å². The molecule has 5 rings (SSSR count). The van der Waals surface area contributed by atoms with E-state index in [9.17, 15) is 14.4 Å². The minimum atomic E-state index is -0.960. The number of aromatic nitrogens is 2. The van der Waals surface area contributed by atoms with Gasteiger partial charge in [-0.05, 0) is 46.7 Å². The molecule has 0 saturated carbocycles. The minimum absolute atomic E-state index is 0.196. The maximum Gasteiger partial charge on any atom is 0.344 e. The fourth-order valence-corrected chi connectivity index (χ4v) is 4.27. The Morgan fingerprint density at radius 1 is 0.789 bits per heavy atom. The number of amides is 2. The van der Waals surface area contributed by atoms with Crippen LogP contribution in [0.5, 0.6) is 5.75 Å². The van der Waals surface area contributed by atoms with Crippen molar-refractivity contribution < 1.29 is 19.1 Å². The molecule has 0 atom stereocenters. The summed E-state index contributed by atoms with van der Waals surface area (Å²) in [6.07, 6.45) is 1.36. The highest BCUT2D eigenvalue weighted by Crippen LogP contribution is 2.26.